The zero-order valence-electron chi connectivity index (χ0n) is 13.1. The Morgan fingerprint density at radius 2 is 2.09 bits per heavy atom. The number of carbonyl (C=O) groups is 1. The molecule has 0 radical (unpaired) electrons. The van der Waals surface area contributed by atoms with Crippen molar-refractivity contribution in [3.8, 4) is 0 Å². The van der Waals surface area contributed by atoms with E-state index < -0.39 is 0 Å². The molecular weight excluding hydrogens is 276 g/mol. The summed E-state index contributed by atoms with van der Waals surface area (Å²) in [4.78, 5) is 18.7. The summed E-state index contributed by atoms with van der Waals surface area (Å²) in [6, 6.07) is 10.6. The first kappa shape index (κ1) is 14.8. The molecular formula is C17H22N4O. The van der Waals surface area contributed by atoms with E-state index in [9.17, 15) is 4.79 Å². The maximum absolute atomic E-state index is 12.3. The van der Waals surface area contributed by atoms with E-state index in [2.05, 4.69) is 46.4 Å². The molecule has 3 rings (SSSR count). The number of aryl methyl sites for hydroxylation is 1. The number of imidazole rings is 1. The zero-order chi connectivity index (χ0) is 15.5. The molecule has 5 nitrogen and oxygen atoms in total. The Morgan fingerprint density at radius 1 is 1.32 bits per heavy atom. The lowest BCUT2D eigenvalue weighted by atomic mass is 10.1. The summed E-state index contributed by atoms with van der Waals surface area (Å²) in [6.07, 6.45) is 3.26. The fourth-order valence-electron chi connectivity index (χ4n) is 3.04. The molecule has 2 heterocycles. The summed E-state index contributed by atoms with van der Waals surface area (Å²) in [6.45, 7) is 5.02. The highest BCUT2D eigenvalue weighted by molar-refractivity contribution is 5.92. The Labute approximate surface area is 131 Å². The number of benzene rings is 1. The van der Waals surface area contributed by atoms with Crippen LogP contribution in [0.15, 0.2) is 42.9 Å². The van der Waals surface area contributed by atoms with E-state index in [4.69, 9.17) is 0 Å². The van der Waals surface area contributed by atoms with Gasteiger partial charge in [0, 0.05) is 32.7 Å². The molecule has 2 atom stereocenters. The molecule has 1 N–H and O–H groups in total. The van der Waals surface area contributed by atoms with Gasteiger partial charge >= 0.3 is 0 Å². The maximum Gasteiger partial charge on any atom is 0.269 e. The molecule has 2 unspecified atom stereocenters. The second kappa shape index (κ2) is 6.32. The lowest BCUT2D eigenvalue weighted by Gasteiger charge is -2.17. The van der Waals surface area contributed by atoms with Crippen LogP contribution in [0.4, 0.5) is 0 Å². The van der Waals surface area contributed by atoms with Crippen LogP contribution in [0, 0.1) is 5.92 Å². The SMILES string of the molecule is CC1CN(Cc2ccccc2)CC1NC(=O)c1cncn1C. The highest BCUT2D eigenvalue weighted by Crippen LogP contribution is 2.19. The molecule has 1 aromatic heterocycles. The lowest BCUT2D eigenvalue weighted by molar-refractivity contribution is 0.0923. The minimum absolute atomic E-state index is 0.0431. The normalized spacial score (nSPS) is 21.9. The van der Waals surface area contributed by atoms with Gasteiger partial charge in [0.15, 0.2) is 0 Å². The van der Waals surface area contributed by atoms with Crippen LogP contribution in [0.2, 0.25) is 0 Å². The van der Waals surface area contributed by atoms with Gasteiger partial charge in [0.1, 0.15) is 5.69 Å². The van der Waals surface area contributed by atoms with Gasteiger partial charge < -0.3 is 9.88 Å². The molecule has 0 aliphatic carbocycles. The molecule has 1 aliphatic heterocycles. The van der Waals surface area contributed by atoms with Crippen molar-refractivity contribution in [1.82, 2.24) is 19.8 Å². The van der Waals surface area contributed by atoms with E-state index in [0.29, 0.717) is 11.6 Å². The first-order valence-corrected chi connectivity index (χ1v) is 7.67. The van der Waals surface area contributed by atoms with Crippen LogP contribution in [0.5, 0.6) is 0 Å². The number of aromatic nitrogens is 2. The van der Waals surface area contributed by atoms with Crippen molar-refractivity contribution in [2.75, 3.05) is 13.1 Å². The van der Waals surface area contributed by atoms with Gasteiger partial charge in [-0.2, -0.15) is 0 Å². The Kier molecular flexibility index (Phi) is 4.24. The Balaban J connectivity index is 1.59. The monoisotopic (exact) mass is 298 g/mol. The second-order valence-electron chi connectivity index (χ2n) is 6.13. The quantitative estimate of drug-likeness (QED) is 0.934. The highest BCUT2D eigenvalue weighted by Gasteiger charge is 2.31. The molecule has 116 valence electrons. The summed E-state index contributed by atoms with van der Waals surface area (Å²) in [7, 11) is 1.84. The number of nitrogens with one attached hydrogen (secondary N) is 1. The van der Waals surface area contributed by atoms with Gasteiger partial charge in [0.2, 0.25) is 0 Å². The van der Waals surface area contributed by atoms with Gasteiger partial charge in [-0.3, -0.25) is 9.69 Å². The van der Waals surface area contributed by atoms with Crippen LogP contribution in [0.25, 0.3) is 0 Å². The van der Waals surface area contributed by atoms with Crippen LogP contribution >= 0.6 is 0 Å². The lowest BCUT2D eigenvalue weighted by Crippen LogP contribution is -2.40. The second-order valence-corrected chi connectivity index (χ2v) is 6.13. The van der Waals surface area contributed by atoms with Crippen molar-refractivity contribution in [1.29, 1.82) is 0 Å². The first-order chi connectivity index (χ1) is 10.6. The third kappa shape index (κ3) is 3.20. The van der Waals surface area contributed by atoms with Crippen LogP contribution < -0.4 is 5.32 Å². The van der Waals surface area contributed by atoms with Gasteiger partial charge in [-0.25, -0.2) is 4.98 Å². The molecule has 5 heteroatoms. The Hall–Kier alpha value is -2.14. The minimum Gasteiger partial charge on any atom is -0.346 e. The number of carbonyl (C=O) groups excluding carboxylic acids is 1. The molecule has 2 aromatic rings. The Morgan fingerprint density at radius 3 is 2.77 bits per heavy atom. The molecule has 0 bridgehead atoms. The van der Waals surface area contributed by atoms with Crippen molar-refractivity contribution in [3.05, 3.63) is 54.1 Å². The Bertz CT molecular complexity index is 637. The highest BCUT2D eigenvalue weighted by atomic mass is 16.2. The summed E-state index contributed by atoms with van der Waals surface area (Å²) >= 11 is 0. The van der Waals surface area contributed by atoms with E-state index in [1.807, 2.05) is 13.1 Å². The number of rotatable bonds is 4. The standard InChI is InChI=1S/C17H22N4O/c1-13-9-21(10-14-6-4-3-5-7-14)11-15(13)19-17(22)16-8-18-12-20(16)2/h3-8,12-13,15H,9-11H2,1-2H3,(H,19,22). The number of hydrogen-bond acceptors (Lipinski definition) is 3. The predicted molar refractivity (Wildman–Crippen MR) is 85.3 cm³/mol. The molecule has 0 saturated carbocycles. The van der Waals surface area contributed by atoms with Crippen molar-refractivity contribution in [3.63, 3.8) is 0 Å². The smallest absolute Gasteiger partial charge is 0.269 e. The molecule has 1 aliphatic rings. The summed E-state index contributed by atoms with van der Waals surface area (Å²) in [5.74, 6) is 0.402. The predicted octanol–water partition coefficient (Wildman–Crippen LogP) is 1.67. The van der Waals surface area contributed by atoms with E-state index in [1.165, 1.54) is 5.56 Å². The van der Waals surface area contributed by atoms with Crippen LogP contribution in [0.1, 0.15) is 23.0 Å². The number of hydrogen-bond donors (Lipinski definition) is 1. The van der Waals surface area contributed by atoms with Crippen LogP contribution in [-0.2, 0) is 13.6 Å². The van der Waals surface area contributed by atoms with Crippen molar-refractivity contribution in [2.24, 2.45) is 13.0 Å². The third-order valence-electron chi connectivity index (χ3n) is 4.30. The molecule has 0 spiro atoms. The van der Waals surface area contributed by atoms with Crippen molar-refractivity contribution in [2.45, 2.75) is 19.5 Å². The summed E-state index contributed by atoms with van der Waals surface area (Å²) < 4.78 is 1.75. The van der Waals surface area contributed by atoms with Gasteiger partial charge in [-0.05, 0) is 11.5 Å². The van der Waals surface area contributed by atoms with Gasteiger partial charge in [-0.1, -0.05) is 37.3 Å². The molecule has 1 saturated heterocycles. The van der Waals surface area contributed by atoms with Crippen LogP contribution in [-0.4, -0.2) is 39.5 Å². The molecule has 1 amide bonds. The van der Waals surface area contributed by atoms with E-state index in [0.717, 1.165) is 19.6 Å². The minimum atomic E-state index is -0.0431. The average Bonchev–Trinajstić information content (AvgIpc) is 3.06. The zero-order valence-corrected chi connectivity index (χ0v) is 13.1. The average molecular weight is 298 g/mol. The van der Waals surface area contributed by atoms with Gasteiger partial charge in [0.25, 0.3) is 5.91 Å². The van der Waals surface area contributed by atoms with Gasteiger partial charge in [-0.15, -0.1) is 0 Å². The van der Waals surface area contributed by atoms with Gasteiger partial charge in [0.05, 0.1) is 12.5 Å². The van der Waals surface area contributed by atoms with Crippen molar-refractivity contribution < 1.29 is 4.79 Å². The van der Waals surface area contributed by atoms with E-state index in [1.54, 1.807) is 17.1 Å². The molecule has 1 fully saturated rings. The third-order valence-corrected chi connectivity index (χ3v) is 4.30. The largest absolute Gasteiger partial charge is 0.346 e. The maximum atomic E-state index is 12.3. The summed E-state index contributed by atoms with van der Waals surface area (Å²) in [5.41, 5.74) is 1.92. The summed E-state index contributed by atoms with van der Waals surface area (Å²) in [5, 5.41) is 3.15. The fraction of sp³-hybridized carbons (Fsp3) is 0.412. The molecule has 22 heavy (non-hydrogen) atoms. The van der Waals surface area contributed by atoms with Crippen molar-refractivity contribution >= 4 is 5.91 Å². The number of likely N-dealkylation sites (tertiary alicyclic amines) is 1. The topological polar surface area (TPSA) is 50.2 Å². The van der Waals surface area contributed by atoms with Crippen LogP contribution in [0.3, 0.4) is 0 Å². The first-order valence-electron chi connectivity index (χ1n) is 7.67. The number of amides is 1. The molecule has 1 aromatic carbocycles. The number of nitrogens with zero attached hydrogens (tertiary/aromatic N) is 3. The van der Waals surface area contributed by atoms with E-state index in [-0.39, 0.29) is 11.9 Å². The fourth-order valence-corrected chi connectivity index (χ4v) is 3.04. The van der Waals surface area contributed by atoms with E-state index >= 15 is 0 Å².